The Morgan fingerprint density at radius 2 is 0.860 bits per heavy atom. The van der Waals surface area contributed by atoms with Crippen molar-refractivity contribution in [3.05, 3.63) is 211 Å². The third-order valence-corrected chi connectivity index (χ3v) is 14.5. The molecule has 236 valence electrons. The fraction of sp³-hybridized carbons (Fsp3) is 0. The predicted molar refractivity (Wildman–Crippen MR) is 218 cm³/mol. The van der Waals surface area contributed by atoms with Gasteiger partial charge in [0.05, 0.1) is 5.69 Å². The van der Waals surface area contributed by atoms with Gasteiger partial charge in [-0.05, 0) is 78.4 Å². The predicted octanol–water partition coefficient (Wildman–Crippen LogP) is 10.8. The van der Waals surface area contributed by atoms with E-state index in [2.05, 4.69) is 217 Å². The van der Waals surface area contributed by atoms with E-state index in [0.717, 1.165) is 11.4 Å². The molecule has 0 aliphatic heterocycles. The standard InChI is InChI=1S/C48H35NSi/c1-6-18-39(19-7-1)49(40-20-8-2-9-21-40)46-35-38-30-29-36(44-32-31-37-17-16-28-45(46)47(37)48(38)44)33-34-50(41-22-10-3-11-23-41,42-24-12-4-13-25-42)43-26-14-5-15-27-43/h1-35H/b34-33+. The van der Waals surface area contributed by atoms with Crippen LogP contribution >= 0.6 is 0 Å². The fourth-order valence-corrected chi connectivity index (χ4v) is 12.0. The summed E-state index contributed by atoms with van der Waals surface area (Å²) in [5.74, 6) is 0. The lowest BCUT2D eigenvalue weighted by Gasteiger charge is -2.31. The minimum atomic E-state index is -2.56. The fourth-order valence-electron chi connectivity index (χ4n) is 7.85. The van der Waals surface area contributed by atoms with Crippen LogP contribution in [0.2, 0.25) is 0 Å². The normalized spacial score (nSPS) is 11.9. The molecular weight excluding hydrogens is 619 g/mol. The topological polar surface area (TPSA) is 3.24 Å². The second-order valence-electron chi connectivity index (χ2n) is 12.9. The number of hydrogen-bond acceptors (Lipinski definition) is 1. The maximum absolute atomic E-state index is 2.56. The summed E-state index contributed by atoms with van der Waals surface area (Å²) in [6.07, 6.45) is 2.41. The summed E-state index contributed by atoms with van der Waals surface area (Å²) in [6.45, 7) is 0. The number of para-hydroxylation sites is 2. The summed E-state index contributed by atoms with van der Waals surface area (Å²) in [7, 11) is -2.56. The van der Waals surface area contributed by atoms with E-state index < -0.39 is 8.07 Å². The molecule has 0 amide bonds. The minimum absolute atomic E-state index is 1.14. The highest BCUT2D eigenvalue weighted by Crippen LogP contribution is 2.45. The Morgan fingerprint density at radius 1 is 0.380 bits per heavy atom. The third kappa shape index (κ3) is 5.01. The van der Waals surface area contributed by atoms with Crippen LogP contribution in [0.3, 0.4) is 0 Å². The Bertz CT molecular complexity index is 2430. The summed E-state index contributed by atoms with van der Waals surface area (Å²) < 4.78 is 0. The molecular formula is C48H35NSi. The van der Waals surface area contributed by atoms with Crippen molar-refractivity contribution in [3.63, 3.8) is 0 Å². The van der Waals surface area contributed by atoms with Gasteiger partial charge in [-0.3, -0.25) is 0 Å². The molecule has 9 rings (SSSR count). The Morgan fingerprint density at radius 3 is 1.40 bits per heavy atom. The van der Waals surface area contributed by atoms with Gasteiger partial charge in [-0.25, -0.2) is 0 Å². The first-order valence-electron chi connectivity index (χ1n) is 17.3. The summed E-state index contributed by atoms with van der Waals surface area (Å²) in [5, 5.41) is 11.8. The van der Waals surface area contributed by atoms with Gasteiger partial charge >= 0.3 is 0 Å². The molecule has 0 N–H and O–H groups in total. The molecule has 0 spiro atoms. The summed E-state index contributed by atoms with van der Waals surface area (Å²) in [4.78, 5) is 2.39. The van der Waals surface area contributed by atoms with Gasteiger partial charge in [-0.15, -0.1) is 0 Å². The van der Waals surface area contributed by atoms with E-state index in [0.29, 0.717) is 0 Å². The van der Waals surface area contributed by atoms with Gasteiger partial charge in [0.25, 0.3) is 0 Å². The monoisotopic (exact) mass is 653 g/mol. The molecule has 0 saturated heterocycles. The van der Waals surface area contributed by atoms with Crippen LogP contribution in [0.1, 0.15) is 5.56 Å². The number of rotatable bonds is 8. The zero-order valence-electron chi connectivity index (χ0n) is 27.7. The molecule has 0 aliphatic carbocycles. The van der Waals surface area contributed by atoms with Gasteiger partial charge in [-0.2, -0.15) is 0 Å². The Balaban J connectivity index is 1.28. The van der Waals surface area contributed by atoms with Gasteiger partial charge in [0.2, 0.25) is 0 Å². The number of hydrogen-bond donors (Lipinski definition) is 0. The van der Waals surface area contributed by atoms with Crippen molar-refractivity contribution in [1.82, 2.24) is 0 Å². The highest BCUT2D eigenvalue weighted by molar-refractivity contribution is 7.15. The summed E-state index contributed by atoms with van der Waals surface area (Å²) in [5.41, 5.74) is 7.25. The quantitative estimate of drug-likeness (QED) is 0.0896. The Labute approximate surface area is 294 Å². The minimum Gasteiger partial charge on any atom is -0.310 e. The van der Waals surface area contributed by atoms with E-state index in [1.807, 2.05) is 0 Å². The SMILES string of the molecule is C(=C\[Si](c1ccccc1)(c1ccccc1)c1ccccc1)/c1ccc2cc(N(c3ccccc3)c3ccccc3)c3cccc4ccc1c2c43. The maximum Gasteiger partial charge on any atom is 0.172 e. The molecule has 0 atom stereocenters. The molecule has 0 fully saturated rings. The van der Waals surface area contributed by atoms with E-state index in [-0.39, 0.29) is 0 Å². The number of benzene rings is 9. The van der Waals surface area contributed by atoms with Crippen molar-refractivity contribution in [2.24, 2.45) is 0 Å². The van der Waals surface area contributed by atoms with E-state index in [1.54, 1.807) is 0 Å². The highest BCUT2D eigenvalue weighted by Gasteiger charge is 2.36. The van der Waals surface area contributed by atoms with E-state index >= 15 is 0 Å². The van der Waals surface area contributed by atoms with E-state index in [4.69, 9.17) is 0 Å². The average Bonchev–Trinajstić information content (AvgIpc) is 3.20. The molecule has 0 unspecified atom stereocenters. The van der Waals surface area contributed by atoms with Crippen LogP contribution in [0.4, 0.5) is 17.1 Å². The van der Waals surface area contributed by atoms with Gasteiger partial charge in [-0.1, -0.05) is 182 Å². The largest absolute Gasteiger partial charge is 0.310 e. The highest BCUT2D eigenvalue weighted by atomic mass is 28.3. The molecule has 0 heterocycles. The molecule has 1 nitrogen and oxygen atoms in total. The Kier molecular flexibility index (Phi) is 7.57. The van der Waals surface area contributed by atoms with Gasteiger partial charge < -0.3 is 4.90 Å². The Hall–Kier alpha value is -6.22. The number of anilines is 3. The smallest absolute Gasteiger partial charge is 0.172 e. The second kappa shape index (κ2) is 12.7. The lowest BCUT2D eigenvalue weighted by Crippen LogP contribution is -2.66. The summed E-state index contributed by atoms with van der Waals surface area (Å²) >= 11 is 0. The molecule has 9 aromatic rings. The molecule has 0 bridgehead atoms. The van der Waals surface area contributed by atoms with Crippen LogP contribution in [0.15, 0.2) is 206 Å². The van der Waals surface area contributed by atoms with Crippen LogP contribution in [-0.2, 0) is 0 Å². The summed E-state index contributed by atoms with van der Waals surface area (Å²) in [6, 6.07) is 73.1. The molecule has 0 aromatic heterocycles. The maximum atomic E-state index is 2.55. The molecule has 2 heteroatoms. The van der Waals surface area contributed by atoms with Crippen molar-refractivity contribution in [3.8, 4) is 0 Å². The zero-order valence-corrected chi connectivity index (χ0v) is 28.7. The van der Waals surface area contributed by atoms with Crippen LogP contribution < -0.4 is 20.5 Å². The van der Waals surface area contributed by atoms with Gasteiger partial charge in [0.1, 0.15) is 0 Å². The molecule has 0 aliphatic rings. The first-order valence-corrected chi connectivity index (χ1v) is 19.4. The van der Waals surface area contributed by atoms with E-state index in [1.165, 1.54) is 59.1 Å². The molecule has 0 saturated carbocycles. The van der Waals surface area contributed by atoms with Crippen LogP contribution in [-0.4, -0.2) is 8.07 Å². The first kappa shape index (κ1) is 29.9. The molecule has 50 heavy (non-hydrogen) atoms. The van der Waals surface area contributed by atoms with Gasteiger partial charge in [0.15, 0.2) is 8.07 Å². The van der Waals surface area contributed by atoms with Crippen molar-refractivity contribution in [1.29, 1.82) is 0 Å². The van der Waals surface area contributed by atoms with Crippen LogP contribution in [0, 0.1) is 0 Å². The van der Waals surface area contributed by atoms with Crippen molar-refractivity contribution in [2.45, 2.75) is 0 Å². The average molecular weight is 654 g/mol. The van der Waals surface area contributed by atoms with Gasteiger partial charge in [0, 0.05) is 16.8 Å². The van der Waals surface area contributed by atoms with Crippen molar-refractivity contribution in [2.75, 3.05) is 4.90 Å². The number of nitrogens with zero attached hydrogens (tertiary/aromatic N) is 1. The zero-order chi connectivity index (χ0) is 33.3. The van der Waals surface area contributed by atoms with E-state index in [9.17, 15) is 0 Å². The van der Waals surface area contributed by atoms with Crippen LogP contribution in [0.25, 0.3) is 38.4 Å². The third-order valence-electron chi connectivity index (χ3n) is 10.1. The lowest BCUT2D eigenvalue weighted by atomic mass is 9.90. The second-order valence-corrected chi connectivity index (χ2v) is 16.6. The lowest BCUT2D eigenvalue weighted by molar-refractivity contribution is 1.30. The first-order chi connectivity index (χ1) is 24.8. The molecule has 9 aromatic carbocycles. The molecule has 0 radical (unpaired) electrons. The van der Waals surface area contributed by atoms with Crippen molar-refractivity contribution >= 4 is 79.1 Å². The van der Waals surface area contributed by atoms with Crippen LogP contribution in [0.5, 0.6) is 0 Å². The van der Waals surface area contributed by atoms with Crippen molar-refractivity contribution < 1.29 is 0 Å².